The first-order valence-electron chi connectivity index (χ1n) is 7.09. The maximum absolute atomic E-state index is 14.0. The van der Waals surface area contributed by atoms with Gasteiger partial charge in [0.05, 0.1) is 5.41 Å². The Kier molecular flexibility index (Phi) is 5.22. The molecule has 1 aromatic rings. The van der Waals surface area contributed by atoms with Crippen molar-refractivity contribution >= 4 is 27.8 Å². The van der Waals surface area contributed by atoms with Crippen molar-refractivity contribution in [1.82, 2.24) is 4.90 Å². The van der Waals surface area contributed by atoms with Gasteiger partial charge in [0.25, 0.3) is 0 Å². The fourth-order valence-corrected chi connectivity index (χ4v) is 3.24. The molecule has 1 heterocycles. The molecule has 2 rings (SSSR count). The van der Waals surface area contributed by atoms with E-state index in [2.05, 4.69) is 15.9 Å². The maximum atomic E-state index is 14.0. The highest BCUT2D eigenvalue weighted by atomic mass is 79.9. The third-order valence-electron chi connectivity index (χ3n) is 4.10. The van der Waals surface area contributed by atoms with Crippen LogP contribution in [0.2, 0.25) is 0 Å². The number of hydrogen-bond donors (Lipinski definition) is 1. The van der Waals surface area contributed by atoms with Crippen molar-refractivity contribution in [3.8, 4) is 0 Å². The highest BCUT2D eigenvalue weighted by Gasteiger charge is 2.49. The second kappa shape index (κ2) is 6.70. The number of alkyl halides is 3. The molecule has 1 atom stereocenters. The summed E-state index contributed by atoms with van der Waals surface area (Å²) in [5.74, 6) is -4.06. The minimum absolute atomic E-state index is 0.0689. The van der Waals surface area contributed by atoms with Crippen molar-refractivity contribution < 1.29 is 32.3 Å². The number of hydrogen-bond acceptors (Lipinski definition) is 2. The number of carbonyl (C=O) groups is 2. The van der Waals surface area contributed by atoms with E-state index in [0.29, 0.717) is 9.37 Å². The highest BCUT2D eigenvalue weighted by Crippen LogP contribution is 2.36. The molecule has 9 heteroatoms. The predicted molar refractivity (Wildman–Crippen MR) is 79.7 cm³/mol. The van der Waals surface area contributed by atoms with E-state index in [0.717, 1.165) is 6.07 Å². The number of benzene rings is 1. The number of carbonyl (C=O) groups excluding carboxylic acids is 1. The lowest BCUT2D eigenvalue weighted by Crippen LogP contribution is -2.54. The van der Waals surface area contributed by atoms with Gasteiger partial charge < -0.3 is 10.0 Å². The molecule has 0 bridgehead atoms. The predicted octanol–water partition coefficient (Wildman–Crippen LogP) is 3.39. The number of rotatable bonds is 3. The molecule has 4 nitrogen and oxygen atoms in total. The first-order valence-corrected chi connectivity index (χ1v) is 7.88. The van der Waals surface area contributed by atoms with Crippen LogP contribution in [-0.4, -0.2) is 41.1 Å². The largest absolute Gasteiger partial charge is 0.481 e. The minimum Gasteiger partial charge on any atom is -0.481 e. The van der Waals surface area contributed by atoms with Gasteiger partial charge in [0.15, 0.2) is 0 Å². The van der Waals surface area contributed by atoms with Crippen molar-refractivity contribution in [2.75, 3.05) is 13.1 Å². The van der Waals surface area contributed by atoms with Crippen molar-refractivity contribution in [3.63, 3.8) is 0 Å². The van der Waals surface area contributed by atoms with Gasteiger partial charge in [-0.2, -0.15) is 13.2 Å². The number of amides is 1. The molecular weight excluding hydrogens is 398 g/mol. The van der Waals surface area contributed by atoms with Crippen molar-refractivity contribution in [2.45, 2.75) is 25.4 Å². The van der Waals surface area contributed by atoms with E-state index in [1.807, 2.05) is 0 Å². The van der Waals surface area contributed by atoms with Crippen LogP contribution in [0.4, 0.5) is 17.6 Å². The molecule has 1 amide bonds. The zero-order valence-electron chi connectivity index (χ0n) is 12.4. The summed E-state index contributed by atoms with van der Waals surface area (Å²) in [5.41, 5.74) is -1.56. The zero-order chi connectivity index (χ0) is 18.1. The number of aliphatic carboxylic acids is 1. The number of halogens is 5. The summed E-state index contributed by atoms with van der Waals surface area (Å²) in [5, 5.41) is 9.55. The minimum atomic E-state index is -5.07. The second-order valence-corrected chi connectivity index (χ2v) is 6.74. The van der Waals surface area contributed by atoms with E-state index in [1.165, 1.54) is 12.1 Å². The molecule has 1 aliphatic rings. The number of carboxylic acid groups (broad SMARTS) is 1. The van der Waals surface area contributed by atoms with Gasteiger partial charge in [0.2, 0.25) is 0 Å². The van der Waals surface area contributed by atoms with E-state index in [4.69, 9.17) is 0 Å². The van der Waals surface area contributed by atoms with Gasteiger partial charge >= 0.3 is 18.1 Å². The first kappa shape index (κ1) is 18.7. The quantitative estimate of drug-likeness (QED) is 0.775. The normalized spacial score (nSPS) is 21.6. The monoisotopic (exact) mass is 411 g/mol. The van der Waals surface area contributed by atoms with E-state index < -0.39 is 35.8 Å². The molecule has 24 heavy (non-hydrogen) atoms. The lowest BCUT2D eigenvalue weighted by molar-refractivity contribution is -0.190. The third kappa shape index (κ3) is 3.88. The summed E-state index contributed by atoms with van der Waals surface area (Å²) in [6.45, 7) is -0.771. The van der Waals surface area contributed by atoms with Crippen LogP contribution in [0.25, 0.3) is 0 Å². The molecule has 1 aliphatic heterocycles. The molecule has 0 saturated carbocycles. The van der Waals surface area contributed by atoms with Crippen molar-refractivity contribution in [3.05, 3.63) is 34.1 Å². The van der Waals surface area contributed by atoms with Gasteiger partial charge in [-0.25, -0.2) is 4.39 Å². The Bertz CT molecular complexity index is 665. The summed E-state index contributed by atoms with van der Waals surface area (Å²) in [4.78, 5) is 23.6. The Morgan fingerprint density at radius 2 is 2.00 bits per heavy atom. The molecule has 1 N–H and O–H groups in total. The van der Waals surface area contributed by atoms with Crippen LogP contribution in [0.1, 0.15) is 18.4 Å². The Labute approximate surface area is 143 Å². The molecule has 1 fully saturated rings. The Morgan fingerprint density at radius 1 is 1.33 bits per heavy atom. The Morgan fingerprint density at radius 3 is 2.54 bits per heavy atom. The van der Waals surface area contributed by atoms with Gasteiger partial charge in [-0.3, -0.25) is 9.59 Å². The molecule has 0 radical (unpaired) electrons. The molecule has 0 spiro atoms. The molecule has 1 aromatic carbocycles. The topological polar surface area (TPSA) is 57.6 Å². The van der Waals surface area contributed by atoms with Gasteiger partial charge in [-0.15, -0.1) is 0 Å². The van der Waals surface area contributed by atoms with Crippen LogP contribution < -0.4 is 0 Å². The van der Waals surface area contributed by atoms with Crippen LogP contribution >= 0.6 is 15.9 Å². The first-order chi connectivity index (χ1) is 11.0. The summed E-state index contributed by atoms with van der Waals surface area (Å²) in [6, 6.07) is 4.07. The highest BCUT2D eigenvalue weighted by molar-refractivity contribution is 9.10. The average molecular weight is 412 g/mol. The lowest BCUT2D eigenvalue weighted by atomic mass is 9.75. The molecular formula is C15H14BrF4NO3. The lowest BCUT2D eigenvalue weighted by Gasteiger charge is -2.40. The standard InChI is InChI=1S/C15H14BrF4NO3/c16-10-3-2-9(11(17)6-10)7-14(13(23)24)4-1-5-21(8-14)12(22)15(18,19)20/h2-3,6H,1,4-5,7-8H2,(H,23,24). The third-order valence-corrected chi connectivity index (χ3v) is 4.60. The zero-order valence-corrected chi connectivity index (χ0v) is 14.0. The van der Waals surface area contributed by atoms with Crippen molar-refractivity contribution in [1.29, 1.82) is 0 Å². The maximum Gasteiger partial charge on any atom is 0.471 e. The summed E-state index contributed by atoms with van der Waals surface area (Å²) < 4.78 is 52.3. The molecule has 1 unspecified atom stereocenters. The van der Waals surface area contributed by atoms with E-state index in [-0.39, 0.29) is 31.4 Å². The summed E-state index contributed by atoms with van der Waals surface area (Å²) in [7, 11) is 0. The van der Waals surface area contributed by atoms with Crippen LogP contribution in [-0.2, 0) is 16.0 Å². The smallest absolute Gasteiger partial charge is 0.471 e. The van der Waals surface area contributed by atoms with E-state index >= 15 is 0 Å². The molecule has 132 valence electrons. The van der Waals surface area contributed by atoms with Crippen molar-refractivity contribution in [2.24, 2.45) is 5.41 Å². The number of nitrogens with zero attached hydrogens (tertiary/aromatic N) is 1. The van der Waals surface area contributed by atoms with Gasteiger partial charge in [0, 0.05) is 17.6 Å². The Hall–Kier alpha value is -1.64. The number of carboxylic acids is 1. The van der Waals surface area contributed by atoms with Crippen LogP contribution in [0.5, 0.6) is 0 Å². The molecule has 1 saturated heterocycles. The molecule has 0 aromatic heterocycles. The second-order valence-electron chi connectivity index (χ2n) is 5.83. The average Bonchev–Trinajstić information content (AvgIpc) is 2.48. The number of likely N-dealkylation sites (tertiary alicyclic amines) is 1. The SMILES string of the molecule is O=C(N1CCCC(Cc2ccc(Br)cc2F)(C(=O)O)C1)C(F)(F)F. The van der Waals surface area contributed by atoms with E-state index in [9.17, 15) is 32.3 Å². The van der Waals surface area contributed by atoms with E-state index in [1.54, 1.807) is 0 Å². The van der Waals surface area contributed by atoms with Crippen LogP contribution in [0.3, 0.4) is 0 Å². The summed E-state index contributed by atoms with van der Waals surface area (Å²) in [6.07, 6.45) is -5.18. The van der Waals surface area contributed by atoms with Crippen LogP contribution in [0.15, 0.2) is 22.7 Å². The fourth-order valence-electron chi connectivity index (χ4n) is 2.91. The van der Waals surface area contributed by atoms with Gasteiger partial charge in [-0.05, 0) is 37.0 Å². The van der Waals surface area contributed by atoms with Gasteiger partial charge in [0.1, 0.15) is 5.82 Å². The van der Waals surface area contributed by atoms with Crippen LogP contribution in [0, 0.1) is 11.2 Å². The number of piperidine rings is 1. The Balaban J connectivity index is 2.30. The summed E-state index contributed by atoms with van der Waals surface area (Å²) >= 11 is 3.08. The molecule has 0 aliphatic carbocycles. The van der Waals surface area contributed by atoms with Gasteiger partial charge in [-0.1, -0.05) is 22.0 Å². The fraction of sp³-hybridized carbons (Fsp3) is 0.467.